The van der Waals surface area contributed by atoms with Crippen LogP contribution in [0.3, 0.4) is 0 Å². The lowest BCUT2D eigenvalue weighted by Crippen LogP contribution is -2.44. The Morgan fingerprint density at radius 1 is 1.21 bits per heavy atom. The molecule has 2 N–H and O–H groups in total. The van der Waals surface area contributed by atoms with Gasteiger partial charge in [0.25, 0.3) is 0 Å². The zero-order valence-corrected chi connectivity index (χ0v) is 17.9. The van der Waals surface area contributed by atoms with Crippen LogP contribution in [0.5, 0.6) is 0 Å². The van der Waals surface area contributed by atoms with Gasteiger partial charge in [-0.2, -0.15) is 0 Å². The van der Waals surface area contributed by atoms with E-state index in [0.29, 0.717) is 12.5 Å². The Hall–Kier alpha value is -1.70. The summed E-state index contributed by atoms with van der Waals surface area (Å²) in [7, 11) is 2.20. The number of likely N-dealkylation sites (tertiary alicyclic amines) is 1. The van der Waals surface area contributed by atoms with Crippen LogP contribution in [0.15, 0.2) is 29.3 Å². The van der Waals surface area contributed by atoms with Crippen LogP contribution >= 0.6 is 0 Å². The molecule has 29 heavy (non-hydrogen) atoms. The van der Waals surface area contributed by atoms with Gasteiger partial charge >= 0.3 is 0 Å². The Morgan fingerprint density at radius 3 is 2.66 bits per heavy atom. The van der Waals surface area contributed by atoms with Gasteiger partial charge in [-0.05, 0) is 57.0 Å². The minimum absolute atomic E-state index is 0.121. The van der Waals surface area contributed by atoms with E-state index in [2.05, 4.69) is 34.4 Å². The molecule has 2 heterocycles. The van der Waals surface area contributed by atoms with Gasteiger partial charge < -0.3 is 20.3 Å². The van der Waals surface area contributed by atoms with Gasteiger partial charge in [-0.3, -0.25) is 9.89 Å². The smallest absolute Gasteiger partial charge is 0.191 e. The quantitative estimate of drug-likeness (QED) is 0.538. The van der Waals surface area contributed by atoms with Crippen molar-refractivity contribution in [3.05, 3.63) is 35.6 Å². The van der Waals surface area contributed by atoms with E-state index < -0.39 is 0 Å². The molecular weight excluding hydrogens is 369 g/mol. The van der Waals surface area contributed by atoms with E-state index in [-0.39, 0.29) is 11.9 Å². The van der Waals surface area contributed by atoms with E-state index in [9.17, 15) is 4.39 Å². The van der Waals surface area contributed by atoms with Crippen LogP contribution in [0.4, 0.5) is 4.39 Å². The van der Waals surface area contributed by atoms with Crippen LogP contribution in [0.2, 0.25) is 0 Å². The third-order valence-corrected chi connectivity index (χ3v) is 5.79. The second kappa shape index (κ2) is 11.5. The minimum Gasteiger partial charge on any atom is -0.379 e. The molecule has 0 aromatic heterocycles. The SMILES string of the molecule is CCNC(=NCC(c1ccc(F)cc1)N1CCOCC1)NCC1CCCN(C)C1. The maximum Gasteiger partial charge on any atom is 0.191 e. The van der Waals surface area contributed by atoms with Crippen molar-refractivity contribution in [2.75, 3.05) is 66.1 Å². The molecule has 1 aromatic carbocycles. The summed E-state index contributed by atoms with van der Waals surface area (Å²) >= 11 is 0. The van der Waals surface area contributed by atoms with Gasteiger partial charge in [-0.1, -0.05) is 12.1 Å². The molecule has 2 fully saturated rings. The zero-order valence-electron chi connectivity index (χ0n) is 17.9. The number of ether oxygens (including phenoxy) is 1. The Morgan fingerprint density at radius 2 is 1.97 bits per heavy atom. The Bertz CT molecular complexity index is 633. The zero-order chi connectivity index (χ0) is 20.5. The van der Waals surface area contributed by atoms with Crippen LogP contribution in [-0.4, -0.2) is 81.8 Å². The highest BCUT2D eigenvalue weighted by atomic mass is 19.1. The fourth-order valence-corrected chi connectivity index (χ4v) is 4.21. The summed E-state index contributed by atoms with van der Waals surface area (Å²) in [5.74, 6) is 1.32. The second-order valence-electron chi connectivity index (χ2n) is 8.09. The van der Waals surface area contributed by atoms with Gasteiger partial charge in [0.1, 0.15) is 5.82 Å². The van der Waals surface area contributed by atoms with Crippen molar-refractivity contribution < 1.29 is 9.13 Å². The number of rotatable bonds is 7. The molecular formula is C22H36FN5O. The lowest BCUT2D eigenvalue weighted by molar-refractivity contribution is 0.0179. The standard InChI is InChI=1S/C22H36FN5O/c1-3-24-22(25-15-18-5-4-10-27(2)17-18)26-16-21(28-11-13-29-14-12-28)19-6-8-20(23)9-7-19/h6-9,18,21H,3-5,10-17H2,1-2H3,(H2,24,25,26). The minimum atomic E-state index is -0.203. The van der Waals surface area contributed by atoms with Crippen molar-refractivity contribution >= 4 is 5.96 Å². The van der Waals surface area contributed by atoms with Gasteiger partial charge in [0.2, 0.25) is 0 Å². The number of aliphatic imine (C=N–C) groups is 1. The summed E-state index contributed by atoms with van der Waals surface area (Å²) in [5, 5.41) is 6.91. The summed E-state index contributed by atoms with van der Waals surface area (Å²) in [5.41, 5.74) is 1.10. The summed E-state index contributed by atoms with van der Waals surface area (Å²) in [6, 6.07) is 6.95. The predicted octanol–water partition coefficient (Wildman–Crippen LogP) is 2.10. The molecule has 2 aliphatic rings. The molecule has 162 valence electrons. The molecule has 7 heteroatoms. The van der Waals surface area contributed by atoms with Crippen molar-refractivity contribution in [2.45, 2.75) is 25.8 Å². The molecule has 3 rings (SSSR count). The van der Waals surface area contributed by atoms with E-state index in [1.165, 1.54) is 31.5 Å². The highest BCUT2D eigenvalue weighted by molar-refractivity contribution is 5.79. The summed E-state index contributed by atoms with van der Waals surface area (Å²) < 4.78 is 18.9. The first-order valence-corrected chi connectivity index (χ1v) is 10.9. The van der Waals surface area contributed by atoms with Gasteiger partial charge in [0.05, 0.1) is 25.8 Å². The van der Waals surface area contributed by atoms with Crippen LogP contribution in [-0.2, 0) is 4.74 Å². The highest BCUT2D eigenvalue weighted by Gasteiger charge is 2.23. The third-order valence-electron chi connectivity index (χ3n) is 5.79. The van der Waals surface area contributed by atoms with Gasteiger partial charge in [0.15, 0.2) is 5.96 Å². The van der Waals surface area contributed by atoms with E-state index in [1.807, 2.05) is 12.1 Å². The molecule has 2 saturated heterocycles. The first kappa shape index (κ1) is 22.0. The Labute approximate surface area is 174 Å². The summed E-state index contributed by atoms with van der Waals surface area (Å²) in [6.45, 7) is 10.0. The summed E-state index contributed by atoms with van der Waals surface area (Å²) in [4.78, 5) is 9.69. The summed E-state index contributed by atoms with van der Waals surface area (Å²) in [6.07, 6.45) is 2.53. The van der Waals surface area contributed by atoms with Gasteiger partial charge in [0, 0.05) is 32.7 Å². The average molecular weight is 406 g/mol. The number of nitrogens with zero attached hydrogens (tertiary/aromatic N) is 3. The van der Waals surface area contributed by atoms with E-state index in [0.717, 1.165) is 57.5 Å². The largest absolute Gasteiger partial charge is 0.379 e. The number of guanidine groups is 1. The molecule has 2 aliphatic heterocycles. The first-order valence-electron chi connectivity index (χ1n) is 10.9. The van der Waals surface area contributed by atoms with E-state index in [1.54, 1.807) is 0 Å². The van der Waals surface area contributed by atoms with Crippen molar-refractivity contribution in [1.29, 1.82) is 0 Å². The van der Waals surface area contributed by atoms with Crippen molar-refractivity contribution in [3.8, 4) is 0 Å². The van der Waals surface area contributed by atoms with Crippen molar-refractivity contribution in [2.24, 2.45) is 10.9 Å². The highest BCUT2D eigenvalue weighted by Crippen LogP contribution is 2.23. The van der Waals surface area contributed by atoms with Gasteiger partial charge in [-0.15, -0.1) is 0 Å². The van der Waals surface area contributed by atoms with Gasteiger partial charge in [-0.25, -0.2) is 4.39 Å². The maximum atomic E-state index is 13.4. The Kier molecular flexibility index (Phi) is 8.70. The molecule has 0 bridgehead atoms. The molecule has 2 unspecified atom stereocenters. The molecule has 2 atom stereocenters. The average Bonchev–Trinajstić information content (AvgIpc) is 2.74. The predicted molar refractivity (Wildman–Crippen MR) is 116 cm³/mol. The number of hydrogen-bond donors (Lipinski definition) is 2. The molecule has 0 spiro atoms. The fourth-order valence-electron chi connectivity index (χ4n) is 4.21. The lowest BCUT2D eigenvalue weighted by atomic mass is 9.99. The molecule has 0 saturated carbocycles. The second-order valence-corrected chi connectivity index (χ2v) is 8.09. The maximum absolute atomic E-state index is 13.4. The van der Waals surface area contributed by atoms with Crippen LogP contribution in [0.25, 0.3) is 0 Å². The molecule has 1 aromatic rings. The topological polar surface area (TPSA) is 52.1 Å². The monoisotopic (exact) mass is 405 g/mol. The van der Waals surface area contributed by atoms with Crippen molar-refractivity contribution in [1.82, 2.24) is 20.4 Å². The molecule has 6 nitrogen and oxygen atoms in total. The third kappa shape index (κ3) is 6.94. The number of benzene rings is 1. The Balaban J connectivity index is 1.65. The number of piperidine rings is 1. The fraction of sp³-hybridized carbons (Fsp3) is 0.682. The molecule has 0 amide bonds. The number of halogens is 1. The van der Waals surface area contributed by atoms with E-state index in [4.69, 9.17) is 9.73 Å². The first-order chi connectivity index (χ1) is 14.2. The number of hydrogen-bond acceptors (Lipinski definition) is 4. The van der Waals surface area contributed by atoms with Crippen molar-refractivity contribution in [3.63, 3.8) is 0 Å². The number of morpholine rings is 1. The lowest BCUT2D eigenvalue weighted by Gasteiger charge is -2.34. The van der Waals surface area contributed by atoms with Crippen LogP contribution < -0.4 is 10.6 Å². The normalized spacial score (nSPS) is 23.0. The molecule has 0 radical (unpaired) electrons. The molecule has 0 aliphatic carbocycles. The number of nitrogens with one attached hydrogen (secondary N) is 2. The van der Waals surface area contributed by atoms with Crippen LogP contribution in [0.1, 0.15) is 31.4 Å². The van der Waals surface area contributed by atoms with E-state index >= 15 is 0 Å². The van der Waals surface area contributed by atoms with Crippen LogP contribution in [0, 0.1) is 11.7 Å².